The average molecular weight is 236 g/mol. The Morgan fingerprint density at radius 3 is 2.29 bits per heavy atom. The molecule has 1 rings (SSSR count). The molecular formula is C13H24N4. The van der Waals surface area contributed by atoms with Crippen molar-refractivity contribution in [2.45, 2.75) is 46.5 Å². The highest BCUT2D eigenvalue weighted by Gasteiger charge is 2.02. The summed E-state index contributed by atoms with van der Waals surface area (Å²) in [6, 6.07) is 1.98. The summed E-state index contributed by atoms with van der Waals surface area (Å²) >= 11 is 0. The van der Waals surface area contributed by atoms with E-state index >= 15 is 0 Å². The number of unbranched alkanes of at least 4 members (excludes halogenated alkanes) is 2. The average Bonchev–Trinajstić information content (AvgIpc) is 2.35. The molecule has 0 aliphatic carbocycles. The second-order valence-corrected chi connectivity index (χ2v) is 4.07. The number of nitrogens with one attached hydrogen (secondary N) is 2. The Labute approximate surface area is 104 Å². The third kappa shape index (κ3) is 5.02. The van der Waals surface area contributed by atoms with Crippen molar-refractivity contribution in [3.8, 4) is 0 Å². The van der Waals surface area contributed by atoms with Gasteiger partial charge in [-0.15, -0.1) is 0 Å². The molecule has 96 valence electrons. The van der Waals surface area contributed by atoms with Gasteiger partial charge < -0.3 is 10.6 Å². The van der Waals surface area contributed by atoms with E-state index in [-0.39, 0.29) is 0 Å². The van der Waals surface area contributed by atoms with Crippen molar-refractivity contribution in [2.75, 3.05) is 23.7 Å². The second kappa shape index (κ2) is 7.87. The molecule has 4 heteroatoms. The van der Waals surface area contributed by atoms with Gasteiger partial charge in [-0.3, -0.25) is 0 Å². The first-order valence-corrected chi connectivity index (χ1v) is 6.65. The Balaban J connectivity index is 2.59. The van der Waals surface area contributed by atoms with Crippen molar-refractivity contribution in [2.24, 2.45) is 0 Å². The molecule has 0 aromatic carbocycles. The Morgan fingerprint density at radius 1 is 1.00 bits per heavy atom. The van der Waals surface area contributed by atoms with Crippen molar-refractivity contribution in [1.29, 1.82) is 0 Å². The molecule has 0 aliphatic rings. The van der Waals surface area contributed by atoms with E-state index in [1.807, 2.05) is 6.07 Å². The molecule has 0 radical (unpaired) electrons. The predicted molar refractivity (Wildman–Crippen MR) is 73.6 cm³/mol. The van der Waals surface area contributed by atoms with Gasteiger partial charge in [0.2, 0.25) is 0 Å². The molecule has 4 nitrogen and oxygen atoms in total. The van der Waals surface area contributed by atoms with Crippen molar-refractivity contribution in [3.05, 3.63) is 11.9 Å². The summed E-state index contributed by atoms with van der Waals surface area (Å²) in [6.45, 7) is 8.23. The van der Waals surface area contributed by atoms with Crippen molar-refractivity contribution >= 4 is 11.6 Å². The van der Waals surface area contributed by atoms with E-state index in [9.17, 15) is 0 Å². The molecule has 0 spiro atoms. The molecule has 0 atom stereocenters. The summed E-state index contributed by atoms with van der Waals surface area (Å²) < 4.78 is 0. The number of rotatable bonds is 8. The summed E-state index contributed by atoms with van der Waals surface area (Å²) in [5, 5.41) is 6.59. The highest BCUT2D eigenvalue weighted by Crippen LogP contribution is 2.12. The maximum Gasteiger partial charge on any atom is 0.132 e. The third-order valence-corrected chi connectivity index (χ3v) is 2.53. The van der Waals surface area contributed by atoms with Gasteiger partial charge >= 0.3 is 0 Å². The van der Waals surface area contributed by atoms with Crippen LogP contribution < -0.4 is 10.6 Å². The van der Waals surface area contributed by atoms with Gasteiger partial charge in [-0.25, -0.2) is 9.97 Å². The number of aromatic nitrogens is 2. The molecule has 1 aromatic rings. The van der Waals surface area contributed by atoms with E-state index in [1.165, 1.54) is 19.3 Å². The lowest BCUT2D eigenvalue weighted by atomic mass is 10.2. The van der Waals surface area contributed by atoms with Crippen LogP contribution in [0, 0.1) is 0 Å². The smallest absolute Gasteiger partial charge is 0.132 e. The zero-order valence-electron chi connectivity index (χ0n) is 11.2. The van der Waals surface area contributed by atoms with E-state index in [0.717, 1.165) is 37.0 Å². The number of hydrogen-bond acceptors (Lipinski definition) is 4. The van der Waals surface area contributed by atoms with Gasteiger partial charge in [0, 0.05) is 25.6 Å². The van der Waals surface area contributed by atoms with Gasteiger partial charge in [-0.1, -0.05) is 26.7 Å². The lowest BCUT2D eigenvalue weighted by molar-refractivity contribution is 0.741. The minimum Gasteiger partial charge on any atom is -0.370 e. The van der Waals surface area contributed by atoms with Crippen LogP contribution in [0.3, 0.4) is 0 Å². The van der Waals surface area contributed by atoms with Gasteiger partial charge in [-0.05, 0) is 13.3 Å². The lowest BCUT2D eigenvalue weighted by Crippen LogP contribution is -2.08. The van der Waals surface area contributed by atoms with Crippen LogP contribution in [0.4, 0.5) is 11.6 Å². The molecule has 0 aliphatic heterocycles. The molecule has 0 unspecified atom stereocenters. The first kappa shape index (κ1) is 13.7. The summed E-state index contributed by atoms with van der Waals surface area (Å²) in [5.74, 6) is 2.74. The van der Waals surface area contributed by atoms with Crippen LogP contribution in [-0.2, 0) is 6.42 Å². The number of hydrogen-bond donors (Lipinski definition) is 2. The van der Waals surface area contributed by atoms with E-state index in [0.29, 0.717) is 0 Å². The first-order valence-electron chi connectivity index (χ1n) is 6.65. The summed E-state index contributed by atoms with van der Waals surface area (Å²) in [4.78, 5) is 8.89. The molecule has 0 amide bonds. The predicted octanol–water partition coefficient (Wildman–Crippen LogP) is 3.07. The van der Waals surface area contributed by atoms with Crippen LogP contribution >= 0.6 is 0 Å². The molecule has 1 aromatic heterocycles. The minimum atomic E-state index is 0.864. The van der Waals surface area contributed by atoms with Crippen LogP contribution in [0.5, 0.6) is 0 Å². The molecular weight excluding hydrogens is 212 g/mol. The van der Waals surface area contributed by atoms with Crippen LogP contribution in [0.2, 0.25) is 0 Å². The molecule has 0 saturated heterocycles. The molecule has 17 heavy (non-hydrogen) atoms. The fraction of sp³-hybridized carbons (Fsp3) is 0.692. The van der Waals surface area contributed by atoms with Crippen LogP contribution in [0.15, 0.2) is 6.07 Å². The van der Waals surface area contributed by atoms with Gasteiger partial charge in [-0.2, -0.15) is 0 Å². The zero-order valence-corrected chi connectivity index (χ0v) is 11.2. The van der Waals surface area contributed by atoms with E-state index in [1.54, 1.807) is 0 Å². The standard InChI is InChI=1S/C13H24N4/c1-4-7-8-9-15-13-10-12(14-6-3)16-11(5-2)17-13/h10H,4-9H2,1-3H3,(H2,14,15,16,17). The maximum absolute atomic E-state index is 4.47. The van der Waals surface area contributed by atoms with Crippen LogP contribution in [0.25, 0.3) is 0 Å². The van der Waals surface area contributed by atoms with Gasteiger partial charge in [0.1, 0.15) is 17.5 Å². The Morgan fingerprint density at radius 2 is 1.71 bits per heavy atom. The SMILES string of the molecule is CCCCCNc1cc(NCC)nc(CC)n1. The first-order chi connectivity index (χ1) is 8.30. The van der Waals surface area contributed by atoms with Gasteiger partial charge in [0.15, 0.2) is 0 Å². The fourth-order valence-electron chi connectivity index (χ4n) is 1.61. The van der Waals surface area contributed by atoms with E-state index < -0.39 is 0 Å². The van der Waals surface area contributed by atoms with Gasteiger partial charge in [0.05, 0.1) is 0 Å². The van der Waals surface area contributed by atoms with Crippen molar-refractivity contribution < 1.29 is 0 Å². The Bertz CT molecular complexity index is 325. The summed E-state index contributed by atoms with van der Waals surface area (Å²) in [7, 11) is 0. The minimum absolute atomic E-state index is 0.864. The van der Waals surface area contributed by atoms with Crippen LogP contribution in [0.1, 0.15) is 45.9 Å². The third-order valence-electron chi connectivity index (χ3n) is 2.53. The number of nitrogens with zero attached hydrogens (tertiary/aromatic N) is 2. The number of aryl methyl sites for hydroxylation is 1. The fourth-order valence-corrected chi connectivity index (χ4v) is 1.61. The quantitative estimate of drug-likeness (QED) is 0.681. The highest BCUT2D eigenvalue weighted by molar-refractivity contribution is 5.47. The Hall–Kier alpha value is -1.32. The monoisotopic (exact) mass is 236 g/mol. The summed E-state index contributed by atoms with van der Waals surface area (Å²) in [5.41, 5.74) is 0. The highest BCUT2D eigenvalue weighted by atomic mass is 15.1. The topological polar surface area (TPSA) is 49.8 Å². The van der Waals surface area contributed by atoms with Gasteiger partial charge in [0.25, 0.3) is 0 Å². The van der Waals surface area contributed by atoms with Crippen LogP contribution in [-0.4, -0.2) is 23.1 Å². The summed E-state index contributed by atoms with van der Waals surface area (Å²) in [6.07, 6.45) is 4.56. The molecule has 2 N–H and O–H groups in total. The van der Waals surface area contributed by atoms with E-state index in [4.69, 9.17) is 0 Å². The van der Waals surface area contributed by atoms with E-state index in [2.05, 4.69) is 41.4 Å². The van der Waals surface area contributed by atoms with Crippen molar-refractivity contribution in [3.63, 3.8) is 0 Å². The van der Waals surface area contributed by atoms with Crippen molar-refractivity contribution in [1.82, 2.24) is 9.97 Å². The normalized spacial score (nSPS) is 10.3. The Kier molecular flexibility index (Phi) is 6.37. The molecule has 0 bridgehead atoms. The molecule has 0 fully saturated rings. The zero-order chi connectivity index (χ0) is 12.5. The lowest BCUT2D eigenvalue weighted by Gasteiger charge is -2.09. The molecule has 1 heterocycles. The number of anilines is 2. The molecule has 0 saturated carbocycles. The largest absolute Gasteiger partial charge is 0.370 e. The maximum atomic E-state index is 4.47. The second-order valence-electron chi connectivity index (χ2n) is 4.07.